The standard InChI is InChI=1S/C17H34N4.HI/c1-5-18-16(21-11-6-7-12-21)19-14-17(20(3)4)10-8-9-15(2)13-17;/h15H,5-14H2,1-4H3,(H,18,19);1H. The van der Waals surface area contributed by atoms with Crippen LogP contribution >= 0.6 is 24.0 Å². The first-order valence-electron chi connectivity index (χ1n) is 8.78. The van der Waals surface area contributed by atoms with Crippen molar-refractivity contribution in [1.29, 1.82) is 0 Å². The summed E-state index contributed by atoms with van der Waals surface area (Å²) in [5.74, 6) is 1.96. The van der Waals surface area contributed by atoms with Crippen LogP contribution in [0, 0.1) is 5.92 Å². The number of likely N-dealkylation sites (N-methyl/N-ethyl adjacent to an activating group) is 1. The molecular weight excluding hydrogens is 387 g/mol. The molecule has 2 atom stereocenters. The number of hydrogen-bond donors (Lipinski definition) is 1. The van der Waals surface area contributed by atoms with Gasteiger partial charge in [-0.1, -0.05) is 19.8 Å². The second-order valence-corrected chi connectivity index (χ2v) is 7.18. The molecule has 0 radical (unpaired) electrons. The minimum atomic E-state index is 0. The van der Waals surface area contributed by atoms with Gasteiger partial charge in [-0.15, -0.1) is 24.0 Å². The highest BCUT2D eigenvalue weighted by molar-refractivity contribution is 14.0. The van der Waals surface area contributed by atoms with E-state index in [9.17, 15) is 0 Å². The van der Waals surface area contributed by atoms with Gasteiger partial charge in [0.25, 0.3) is 0 Å². The van der Waals surface area contributed by atoms with Crippen molar-refractivity contribution >= 4 is 29.9 Å². The molecule has 0 amide bonds. The van der Waals surface area contributed by atoms with Crippen LogP contribution in [0.3, 0.4) is 0 Å². The van der Waals surface area contributed by atoms with Crippen molar-refractivity contribution in [2.45, 2.75) is 57.9 Å². The van der Waals surface area contributed by atoms with Crippen LogP contribution in [0.4, 0.5) is 0 Å². The van der Waals surface area contributed by atoms with Crippen LogP contribution in [0.25, 0.3) is 0 Å². The van der Waals surface area contributed by atoms with Gasteiger partial charge >= 0.3 is 0 Å². The molecule has 1 saturated carbocycles. The van der Waals surface area contributed by atoms with Crippen molar-refractivity contribution < 1.29 is 0 Å². The van der Waals surface area contributed by atoms with Crippen molar-refractivity contribution in [3.05, 3.63) is 0 Å². The molecule has 2 unspecified atom stereocenters. The summed E-state index contributed by atoms with van der Waals surface area (Å²) in [5.41, 5.74) is 0.262. The molecule has 0 spiro atoms. The molecule has 0 bridgehead atoms. The Morgan fingerprint density at radius 3 is 2.50 bits per heavy atom. The first kappa shape index (κ1) is 20.0. The van der Waals surface area contributed by atoms with E-state index >= 15 is 0 Å². The van der Waals surface area contributed by atoms with Gasteiger partial charge in [0, 0.05) is 25.2 Å². The highest BCUT2D eigenvalue weighted by Crippen LogP contribution is 2.36. The Kier molecular flexibility index (Phi) is 8.46. The minimum Gasteiger partial charge on any atom is -0.357 e. The Labute approximate surface area is 154 Å². The summed E-state index contributed by atoms with van der Waals surface area (Å²) in [7, 11) is 4.46. The Morgan fingerprint density at radius 1 is 1.27 bits per heavy atom. The van der Waals surface area contributed by atoms with Gasteiger partial charge in [0.15, 0.2) is 5.96 Å². The van der Waals surface area contributed by atoms with E-state index in [1.54, 1.807) is 0 Å². The Balaban J connectivity index is 0.00000242. The topological polar surface area (TPSA) is 30.9 Å². The fourth-order valence-electron chi connectivity index (χ4n) is 3.90. The van der Waals surface area contributed by atoms with E-state index < -0.39 is 0 Å². The highest BCUT2D eigenvalue weighted by Gasteiger charge is 2.37. The molecule has 2 rings (SSSR count). The Hall–Kier alpha value is -0.0400. The molecule has 0 aromatic rings. The third-order valence-corrected chi connectivity index (χ3v) is 5.28. The molecule has 2 fully saturated rings. The molecule has 130 valence electrons. The Morgan fingerprint density at radius 2 is 1.95 bits per heavy atom. The predicted molar refractivity (Wildman–Crippen MR) is 106 cm³/mol. The lowest BCUT2D eigenvalue weighted by molar-refractivity contribution is 0.0843. The number of aliphatic imine (C=N–C) groups is 1. The second-order valence-electron chi connectivity index (χ2n) is 7.18. The maximum atomic E-state index is 5.04. The highest BCUT2D eigenvalue weighted by atomic mass is 127. The normalized spacial score (nSPS) is 29.6. The second kappa shape index (κ2) is 9.30. The molecule has 1 N–H and O–H groups in total. The van der Waals surface area contributed by atoms with Crippen LogP contribution in [0.1, 0.15) is 52.4 Å². The van der Waals surface area contributed by atoms with E-state index in [2.05, 4.69) is 43.1 Å². The third kappa shape index (κ3) is 4.98. The van der Waals surface area contributed by atoms with Crippen molar-refractivity contribution in [3.8, 4) is 0 Å². The van der Waals surface area contributed by atoms with Gasteiger partial charge < -0.3 is 15.1 Å². The molecule has 4 nitrogen and oxygen atoms in total. The zero-order chi connectivity index (χ0) is 15.3. The number of hydrogen-bond acceptors (Lipinski definition) is 2. The van der Waals surface area contributed by atoms with Crippen LogP contribution in [0.2, 0.25) is 0 Å². The summed E-state index contributed by atoms with van der Waals surface area (Å²) in [6, 6.07) is 0. The molecule has 0 aromatic heterocycles. The zero-order valence-electron chi connectivity index (χ0n) is 14.9. The fraction of sp³-hybridized carbons (Fsp3) is 0.941. The van der Waals surface area contributed by atoms with Crippen LogP contribution in [0.15, 0.2) is 4.99 Å². The third-order valence-electron chi connectivity index (χ3n) is 5.28. The van der Waals surface area contributed by atoms with Gasteiger partial charge in [-0.05, 0) is 52.6 Å². The van der Waals surface area contributed by atoms with Gasteiger partial charge in [0.2, 0.25) is 0 Å². The van der Waals surface area contributed by atoms with E-state index in [1.165, 1.54) is 38.5 Å². The monoisotopic (exact) mass is 422 g/mol. The molecule has 2 aliphatic rings. The maximum Gasteiger partial charge on any atom is 0.193 e. The quantitative estimate of drug-likeness (QED) is 0.429. The summed E-state index contributed by atoms with van der Waals surface area (Å²) in [6.07, 6.45) is 7.90. The van der Waals surface area contributed by atoms with E-state index in [0.717, 1.165) is 38.1 Å². The fourth-order valence-corrected chi connectivity index (χ4v) is 3.90. The predicted octanol–water partition coefficient (Wildman–Crippen LogP) is 3.18. The first-order chi connectivity index (χ1) is 10.1. The molecule has 5 heteroatoms. The number of rotatable bonds is 4. The number of nitrogens with zero attached hydrogens (tertiary/aromatic N) is 3. The van der Waals surface area contributed by atoms with Crippen molar-refractivity contribution in [2.75, 3.05) is 40.3 Å². The number of halogens is 1. The van der Waals surface area contributed by atoms with E-state index in [0.29, 0.717) is 0 Å². The molecule has 1 aliphatic heterocycles. The lowest BCUT2D eigenvalue weighted by Gasteiger charge is -2.44. The number of likely N-dealkylation sites (tertiary alicyclic amines) is 1. The summed E-state index contributed by atoms with van der Waals surface area (Å²) in [4.78, 5) is 9.90. The summed E-state index contributed by atoms with van der Waals surface area (Å²) >= 11 is 0. The lowest BCUT2D eigenvalue weighted by atomic mass is 9.75. The largest absolute Gasteiger partial charge is 0.357 e. The van der Waals surface area contributed by atoms with Crippen molar-refractivity contribution in [2.24, 2.45) is 10.9 Å². The number of guanidine groups is 1. The first-order valence-corrected chi connectivity index (χ1v) is 8.78. The van der Waals surface area contributed by atoms with Crippen LogP contribution < -0.4 is 5.32 Å². The molecular formula is C17H35IN4. The maximum absolute atomic E-state index is 5.04. The molecule has 0 aromatic carbocycles. The average Bonchev–Trinajstić information content (AvgIpc) is 2.97. The van der Waals surface area contributed by atoms with Gasteiger partial charge in [-0.25, -0.2) is 0 Å². The minimum absolute atomic E-state index is 0. The molecule has 1 saturated heterocycles. The summed E-state index contributed by atoms with van der Waals surface area (Å²) in [6.45, 7) is 8.78. The number of nitrogens with one attached hydrogen (secondary N) is 1. The van der Waals surface area contributed by atoms with Crippen LogP contribution in [-0.4, -0.2) is 61.6 Å². The Bertz CT molecular complexity index is 353. The van der Waals surface area contributed by atoms with Crippen molar-refractivity contribution in [1.82, 2.24) is 15.1 Å². The SMILES string of the molecule is CCNC(=NCC1(N(C)C)CCCC(C)C1)N1CCCC1.I. The zero-order valence-corrected chi connectivity index (χ0v) is 17.2. The lowest BCUT2D eigenvalue weighted by Crippen LogP contribution is -2.51. The van der Waals surface area contributed by atoms with Crippen LogP contribution in [-0.2, 0) is 0 Å². The van der Waals surface area contributed by atoms with Gasteiger partial charge in [-0.2, -0.15) is 0 Å². The summed E-state index contributed by atoms with van der Waals surface area (Å²) in [5, 5.41) is 3.49. The molecule has 22 heavy (non-hydrogen) atoms. The van der Waals surface area contributed by atoms with E-state index in [1.807, 2.05) is 0 Å². The van der Waals surface area contributed by atoms with E-state index in [4.69, 9.17) is 4.99 Å². The summed E-state index contributed by atoms with van der Waals surface area (Å²) < 4.78 is 0. The smallest absolute Gasteiger partial charge is 0.193 e. The van der Waals surface area contributed by atoms with Crippen LogP contribution in [0.5, 0.6) is 0 Å². The molecule has 1 heterocycles. The van der Waals surface area contributed by atoms with E-state index in [-0.39, 0.29) is 29.5 Å². The van der Waals surface area contributed by atoms with Crippen molar-refractivity contribution in [3.63, 3.8) is 0 Å². The molecule has 1 aliphatic carbocycles. The van der Waals surface area contributed by atoms with Gasteiger partial charge in [0.05, 0.1) is 6.54 Å². The van der Waals surface area contributed by atoms with Gasteiger partial charge in [-0.3, -0.25) is 4.99 Å². The van der Waals surface area contributed by atoms with Gasteiger partial charge in [0.1, 0.15) is 0 Å². The average molecular weight is 422 g/mol.